The molecule has 3 rings (SSSR count). The fraction of sp³-hybridized carbons (Fsp3) is 0.190. The monoisotopic (exact) mass is 394 g/mol. The molecule has 29 heavy (non-hydrogen) atoms. The lowest BCUT2D eigenvalue weighted by molar-refractivity contribution is 0.0526. The Morgan fingerprint density at radius 2 is 1.66 bits per heavy atom. The fourth-order valence-electron chi connectivity index (χ4n) is 2.60. The maximum Gasteiger partial charge on any atom is 0.338 e. The van der Waals surface area contributed by atoms with E-state index < -0.39 is 0 Å². The molecular formula is C21H22N4O4. The maximum absolute atomic E-state index is 11.7. The van der Waals surface area contributed by atoms with Crippen molar-refractivity contribution in [1.29, 1.82) is 0 Å². The van der Waals surface area contributed by atoms with Gasteiger partial charge in [-0.2, -0.15) is 0 Å². The Morgan fingerprint density at radius 1 is 0.931 bits per heavy atom. The first kappa shape index (κ1) is 19.9. The Kier molecular flexibility index (Phi) is 6.47. The first-order valence-corrected chi connectivity index (χ1v) is 8.98. The van der Waals surface area contributed by atoms with Gasteiger partial charge in [-0.3, -0.25) is 0 Å². The van der Waals surface area contributed by atoms with Crippen LogP contribution in [0.2, 0.25) is 0 Å². The molecule has 0 bridgehead atoms. The number of hydrogen-bond acceptors (Lipinski definition) is 8. The van der Waals surface area contributed by atoms with Gasteiger partial charge in [0.25, 0.3) is 0 Å². The summed E-state index contributed by atoms with van der Waals surface area (Å²) in [5, 5.41) is 6.39. The summed E-state index contributed by atoms with van der Waals surface area (Å²) < 4.78 is 15.6. The topological polar surface area (TPSA) is 94.6 Å². The van der Waals surface area contributed by atoms with Crippen LogP contribution in [0.3, 0.4) is 0 Å². The minimum atomic E-state index is -0.347. The molecule has 0 aliphatic rings. The maximum atomic E-state index is 11.7. The molecule has 8 nitrogen and oxygen atoms in total. The Hall–Kier alpha value is -3.81. The average molecular weight is 394 g/mol. The summed E-state index contributed by atoms with van der Waals surface area (Å²) in [6, 6.07) is 14.2. The van der Waals surface area contributed by atoms with Gasteiger partial charge in [-0.05, 0) is 43.3 Å². The molecule has 0 spiro atoms. The Balaban J connectivity index is 1.74. The third-order valence-electron chi connectivity index (χ3n) is 4.00. The van der Waals surface area contributed by atoms with Gasteiger partial charge in [0.15, 0.2) is 0 Å². The molecule has 3 aromatic rings. The first-order valence-electron chi connectivity index (χ1n) is 8.98. The van der Waals surface area contributed by atoms with E-state index in [2.05, 4.69) is 20.6 Å². The zero-order chi connectivity index (χ0) is 20.6. The van der Waals surface area contributed by atoms with Crippen LogP contribution in [0.4, 0.5) is 23.0 Å². The van der Waals surface area contributed by atoms with Crippen molar-refractivity contribution in [3.05, 3.63) is 60.4 Å². The number of anilines is 4. The van der Waals surface area contributed by atoms with Crippen molar-refractivity contribution >= 4 is 29.0 Å². The van der Waals surface area contributed by atoms with Crippen LogP contribution in [0.1, 0.15) is 17.3 Å². The van der Waals surface area contributed by atoms with Gasteiger partial charge in [-0.25, -0.2) is 14.8 Å². The van der Waals surface area contributed by atoms with Crippen molar-refractivity contribution in [1.82, 2.24) is 9.97 Å². The fourth-order valence-corrected chi connectivity index (χ4v) is 2.60. The second-order valence-corrected chi connectivity index (χ2v) is 5.90. The zero-order valence-electron chi connectivity index (χ0n) is 16.4. The largest absolute Gasteiger partial charge is 0.497 e. The number of hydrogen-bond donors (Lipinski definition) is 2. The van der Waals surface area contributed by atoms with Gasteiger partial charge in [0.2, 0.25) is 0 Å². The van der Waals surface area contributed by atoms with Crippen molar-refractivity contribution < 1.29 is 19.0 Å². The number of nitrogens with zero attached hydrogens (tertiary/aromatic N) is 2. The number of methoxy groups -OCH3 is 2. The van der Waals surface area contributed by atoms with Gasteiger partial charge < -0.3 is 24.8 Å². The van der Waals surface area contributed by atoms with Crippen molar-refractivity contribution in [2.75, 3.05) is 31.5 Å². The van der Waals surface area contributed by atoms with E-state index in [1.165, 1.54) is 6.33 Å². The minimum Gasteiger partial charge on any atom is -0.497 e. The van der Waals surface area contributed by atoms with E-state index in [0.717, 1.165) is 11.4 Å². The van der Waals surface area contributed by atoms with E-state index in [9.17, 15) is 4.79 Å². The molecule has 0 unspecified atom stereocenters. The van der Waals surface area contributed by atoms with E-state index in [1.807, 2.05) is 18.2 Å². The number of benzene rings is 2. The van der Waals surface area contributed by atoms with Crippen LogP contribution in [0.25, 0.3) is 0 Å². The number of esters is 1. The first-order chi connectivity index (χ1) is 14.1. The lowest BCUT2D eigenvalue weighted by Crippen LogP contribution is -2.04. The van der Waals surface area contributed by atoms with Crippen molar-refractivity contribution in [2.45, 2.75) is 6.92 Å². The molecule has 0 saturated carbocycles. The van der Waals surface area contributed by atoms with Gasteiger partial charge >= 0.3 is 5.97 Å². The summed E-state index contributed by atoms with van der Waals surface area (Å²) in [5.74, 6) is 2.18. The minimum absolute atomic E-state index is 0.341. The normalized spacial score (nSPS) is 10.2. The Labute approximate surface area is 168 Å². The average Bonchev–Trinajstić information content (AvgIpc) is 2.74. The van der Waals surface area contributed by atoms with E-state index >= 15 is 0 Å². The molecule has 8 heteroatoms. The van der Waals surface area contributed by atoms with Crippen LogP contribution in [0, 0.1) is 0 Å². The van der Waals surface area contributed by atoms with Crippen molar-refractivity contribution in [3.8, 4) is 11.5 Å². The molecule has 1 aromatic heterocycles. The second-order valence-electron chi connectivity index (χ2n) is 5.90. The summed E-state index contributed by atoms with van der Waals surface area (Å²) in [6.45, 7) is 2.11. The van der Waals surface area contributed by atoms with Gasteiger partial charge in [0.1, 0.15) is 29.5 Å². The number of rotatable bonds is 8. The van der Waals surface area contributed by atoms with E-state index in [1.54, 1.807) is 51.5 Å². The highest BCUT2D eigenvalue weighted by Crippen LogP contribution is 2.31. The van der Waals surface area contributed by atoms with Crippen LogP contribution in [0.5, 0.6) is 11.5 Å². The van der Waals surface area contributed by atoms with E-state index in [-0.39, 0.29) is 5.97 Å². The van der Waals surface area contributed by atoms with Crippen LogP contribution in [-0.4, -0.2) is 36.8 Å². The number of carbonyl (C=O) groups is 1. The smallest absolute Gasteiger partial charge is 0.338 e. The highest BCUT2D eigenvalue weighted by Gasteiger charge is 2.08. The number of ether oxygens (including phenoxy) is 3. The van der Waals surface area contributed by atoms with Crippen molar-refractivity contribution in [3.63, 3.8) is 0 Å². The highest BCUT2D eigenvalue weighted by atomic mass is 16.5. The molecular weight excluding hydrogens is 372 g/mol. The third kappa shape index (κ3) is 5.13. The summed E-state index contributed by atoms with van der Waals surface area (Å²) >= 11 is 0. The lowest BCUT2D eigenvalue weighted by Gasteiger charge is -2.13. The third-order valence-corrected chi connectivity index (χ3v) is 4.00. The molecule has 0 radical (unpaired) electrons. The zero-order valence-corrected chi connectivity index (χ0v) is 16.4. The second kappa shape index (κ2) is 9.41. The quantitative estimate of drug-likeness (QED) is 0.550. The van der Waals surface area contributed by atoms with Gasteiger partial charge in [0.05, 0.1) is 32.1 Å². The Morgan fingerprint density at radius 3 is 2.31 bits per heavy atom. The number of carbonyl (C=O) groups excluding carboxylic acids is 1. The van der Waals surface area contributed by atoms with E-state index in [4.69, 9.17) is 14.2 Å². The molecule has 0 atom stereocenters. The van der Waals surface area contributed by atoms with Crippen LogP contribution in [-0.2, 0) is 4.74 Å². The number of aromatic nitrogens is 2. The summed E-state index contributed by atoms with van der Waals surface area (Å²) in [6.07, 6.45) is 1.45. The SMILES string of the molecule is CCOC(=O)c1ccc(Nc2cc(Nc3cc(OC)ccc3OC)ncn2)cc1. The predicted molar refractivity (Wildman–Crippen MR) is 111 cm³/mol. The Bertz CT molecular complexity index is 977. The highest BCUT2D eigenvalue weighted by molar-refractivity contribution is 5.89. The molecule has 2 N–H and O–H groups in total. The summed E-state index contributed by atoms with van der Waals surface area (Å²) in [7, 11) is 3.20. The molecule has 2 aromatic carbocycles. The molecule has 0 fully saturated rings. The van der Waals surface area contributed by atoms with Gasteiger partial charge in [-0.1, -0.05) is 0 Å². The molecule has 150 valence electrons. The summed E-state index contributed by atoms with van der Waals surface area (Å²) in [4.78, 5) is 20.2. The van der Waals surface area contributed by atoms with Crippen LogP contribution < -0.4 is 20.1 Å². The molecule has 0 aliphatic heterocycles. The molecule has 0 saturated heterocycles. The van der Waals surface area contributed by atoms with Gasteiger partial charge in [-0.15, -0.1) is 0 Å². The predicted octanol–water partition coefficient (Wildman–Crippen LogP) is 4.16. The lowest BCUT2D eigenvalue weighted by atomic mass is 10.2. The standard InChI is InChI=1S/C21H22N4O4/c1-4-29-21(26)14-5-7-15(8-6-14)24-19-12-20(23-13-22-19)25-17-11-16(27-2)9-10-18(17)28-3/h5-13H,4H2,1-3H3,(H2,22,23,24,25). The molecule has 0 aliphatic carbocycles. The number of nitrogens with one attached hydrogen (secondary N) is 2. The van der Waals surface area contributed by atoms with Crippen molar-refractivity contribution in [2.24, 2.45) is 0 Å². The van der Waals surface area contributed by atoms with Crippen LogP contribution in [0.15, 0.2) is 54.9 Å². The van der Waals surface area contributed by atoms with E-state index in [0.29, 0.717) is 35.3 Å². The molecule has 1 heterocycles. The van der Waals surface area contributed by atoms with Gasteiger partial charge in [0, 0.05) is 17.8 Å². The summed E-state index contributed by atoms with van der Waals surface area (Å²) in [5.41, 5.74) is 1.99. The molecule has 0 amide bonds. The van der Waals surface area contributed by atoms with Crippen LogP contribution >= 0.6 is 0 Å².